The number of aromatic nitrogens is 1. The van der Waals surface area contributed by atoms with Crippen LogP contribution in [-0.2, 0) is 28.7 Å². The van der Waals surface area contributed by atoms with Crippen molar-refractivity contribution in [3.8, 4) is 5.75 Å². The van der Waals surface area contributed by atoms with E-state index in [1.165, 1.54) is 39.0 Å². The number of hydrogen-bond acceptors (Lipinski definition) is 10. The zero-order chi connectivity index (χ0) is 36.5. The number of hydrogen-bond donors (Lipinski definition) is 2. The van der Waals surface area contributed by atoms with Gasteiger partial charge in [-0.15, -0.1) is 0 Å². The fourth-order valence-electron chi connectivity index (χ4n) is 6.38. The first-order chi connectivity index (χ1) is 24.6. The number of fused-ring (bicyclic) bond motifs is 1. The second-order valence-corrected chi connectivity index (χ2v) is 12.7. The summed E-state index contributed by atoms with van der Waals surface area (Å²) in [4.78, 5) is 86.7. The van der Waals surface area contributed by atoms with Crippen LogP contribution in [0.4, 0.5) is 9.18 Å². The molecule has 51 heavy (non-hydrogen) atoms. The lowest BCUT2D eigenvalue weighted by Crippen LogP contribution is -2.56. The molecule has 0 unspecified atom stereocenters. The Morgan fingerprint density at radius 1 is 0.941 bits per heavy atom. The molecule has 1 aromatic heterocycles. The van der Waals surface area contributed by atoms with Crippen molar-refractivity contribution in [3.63, 3.8) is 0 Å². The van der Waals surface area contributed by atoms with Crippen LogP contribution in [0.15, 0.2) is 24.3 Å². The first-order valence-electron chi connectivity index (χ1n) is 17.6. The van der Waals surface area contributed by atoms with Gasteiger partial charge in [-0.05, 0) is 64.5 Å². The van der Waals surface area contributed by atoms with Gasteiger partial charge in [0.05, 0.1) is 24.1 Å². The Morgan fingerprint density at radius 2 is 1.67 bits per heavy atom. The van der Waals surface area contributed by atoms with E-state index >= 15 is 4.39 Å². The molecule has 1 aliphatic carbocycles. The fraction of sp³-hybridized carbons (Fsp3) is 0.571. The topological polar surface area (TPSA) is 177 Å². The summed E-state index contributed by atoms with van der Waals surface area (Å²) in [7, 11) is 0. The van der Waals surface area contributed by atoms with Gasteiger partial charge in [0.1, 0.15) is 29.3 Å². The standard InChI is InChI=1S/C35H45FN6O9/c1-3-49-30(44)14-13-25(34(47)40-16-18-41(19-17-40)35(48)50-4-2)39-32(45)26-20-28(31-23(36)10-6-11-24(31)38-26)51-21-29(43)42-15-7-12-27(42)33(46)37-22-8-5-9-22/h6,10-11,20,22,25,27H,3-5,7-9,12-19,21H2,1-2H3,(H,37,46)(H,39,45)/t25-,27-/m0/s1. The van der Waals surface area contributed by atoms with Crippen molar-refractivity contribution in [2.75, 3.05) is 52.5 Å². The number of benzene rings is 1. The minimum absolute atomic E-state index is 0.0445. The average molecular weight is 713 g/mol. The van der Waals surface area contributed by atoms with Crippen molar-refractivity contribution < 1.29 is 47.4 Å². The van der Waals surface area contributed by atoms with E-state index in [2.05, 4.69) is 15.6 Å². The Labute approximate surface area is 295 Å². The first-order valence-corrected chi connectivity index (χ1v) is 17.6. The van der Waals surface area contributed by atoms with Gasteiger partial charge in [0, 0.05) is 51.3 Å². The van der Waals surface area contributed by atoms with Gasteiger partial charge in [-0.2, -0.15) is 0 Å². The number of carbonyl (C=O) groups excluding carboxylic acids is 6. The highest BCUT2D eigenvalue weighted by Gasteiger charge is 2.36. The van der Waals surface area contributed by atoms with Crippen LogP contribution in [0.2, 0.25) is 0 Å². The Balaban J connectivity index is 1.31. The second-order valence-electron chi connectivity index (χ2n) is 12.7. The summed E-state index contributed by atoms with van der Waals surface area (Å²) in [5.74, 6) is -3.26. The van der Waals surface area contributed by atoms with Crippen molar-refractivity contribution in [3.05, 3.63) is 35.8 Å². The van der Waals surface area contributed by atoms with Gasteiger partial charge in [0.15, 0.2) is 6.61 Å². The van der Waals surface area contributed by atoms with Crippen LogP contribution in [0.5, 0.6) is 5.75 Å². The predicted octanol–water partition coefficient (Wildman–Crippen LogP) is 2.15. The Hall–Kier alpha value is -5.02. The lowest BCUT2D eigenvalue weighted by atomic mass is 9.93. The number of esters is 1. The molecule has 0 spiro atoms. The minimum atomic E-state index is -1.16. The fourth-order valence-corrected chi connectivity index (χ4v) is 6.38. The molecule has 2 aliphatic heterocycles. The smallest absolute Gasteiger partial charge is 0.409 e. The van der Waals surface area contributed by atoms with Crippen LogP contribution in [0.3, 0.4) is 0 Å². The molecule has 3 heterocycles. The van der Waals surface area contributed by atoms with E-state index < -0.39 is 54.3 Å². The number of piperazine rings is 1. The molecule has 2 N–H and O–H groups in total. The summed E-state index contributed by atoms with van der Waals surface area (Å²) in [6.07, 6.45) is 3.36. The number of ether oxygens (including phenoxy) is 3. The summed E-state index contributed by atoms with van der Waals surface area (Å²) in [6, 6.07) is 3.64. The number of carbonyl (C=O) groups is 6. The lowest BCUT2D eigenvalue weighted by Gasteiger charge is -2.36. The SMILES string of the molecule is CCOC(=O)CC[C@H](NC(=O)c1cc(OCC(=O)N2CCC[C@H]2C(=O)NC2CCC2)c2c(F)cccc2n1)C(=O)N1CCN(C(=O)OCC)CC1. The van der Waals surface area contributed by atoms with Crippen LogP contribution in [0, 0.1) is 5.82 Å². The zero-order valence-corrected chi connectivity index (χ0v) is 29.0. The van der Waals surface area contributed by atoms with Crippen molar-refractivity contribution in [2.24, 2.45) is 0 Å². The molecule has 2 saturated heterocycles. The highest BCUT2D eigenvalue weighted by molar-refractivity contribution is 5.99. The van der Waals surface area contributed by atoms with E-state index in [9.17, 15) is 28.8 Å². The van der Waals surface area contributed by atoms with Crippen LogP contribution >= 0.6 is 0 Å². The van der Waals surface area contributed by atoms with Crippen molar-refractivity contribution >= 4 is 46.6 Å². The molecule has 5 amide bonds. The van der Waals surface area contributed by atoms with E-state index in [4.69, 9.17) is 14.2 Å². The molecular formula is C35H45FN6O9. The molecule has 3 fully saturated rings. The molecule has 276 valence electrons. The number of nitrogens with one attached hydrogen (secondary N) is 2. The normalized spacial score (nSPS) is 18.1. The highest BCUT2D eigenvalue weighted by Crippen LogP contribution is 2.29. The van der Waals surface area contributed by atoms with Gasteiger partial charge >= 0.3 is 12.1 Å². The molecule has 3 aliphatic rings. The van der Waals surface area contributed by atoms with Crippen LogP contribution in [0.25, 0.3) is 10.9 Å². The molecule has 0 bridgehead atoms. The van der Waals surface area contributed by atoms with Gasteiger partial charge in [-0.3, -0.25) is 24.0 Å². The number of halogens is 1. The van der Waals surface area contributed by atoms with E-state index in [1.807, 2.05) is 0 Å². The number of rotatable bonds is 13. The summed E-state index contributed by atoms with van der Waals surface area (Å²) in [5.41, 5.74) is -0.135. The number of likely N-dealkylation sites (tertiary alicyclic amines) is 1. The van der Waals surface area contributed by atoms with Gasteiger partial charge in [-0.25, -0.2) is 14.2 Å². The molecule has 2 aromatic rings. The maximum absolute atomic E-state index is 15.1. The van der Waals surface area contributed by atoms with Gasteiger partial charge in [0.2, 0.25) is 11.8 Å². The Bertz CT molecular complexity index is 1630. The largest absolute Gasteiger partial charge is 0.483 e. The van der Waals surface area contributed by atoms with Crippen LogP contribution < -0.4 is 15.4 Å². The zero-order valence-electron chi connectivity index (χ0n) is 29.0. The second kappa shape index (κ2) is 17.3. The molecule has 1 saturated carbocycles. The van der Waals surface area contributed by atoms with E-state index in [0.717, 1.165) is 19.3 Å². The third-order valence-corrected chi connectivity index (χ3v) is 9.32. The van der Waals surface area contributed by atoms with Gasteiger partial charge < -0.3 is 39.5 Å². The first kappa shape index (κ1) is 37.2. The molecule has 15 nitrogen and oxygen atoms in total. The minimum Gasteiger partial charge on any atom is -0.483 e. The quantitative estimate of drug-likeness (QED) is 0.293. The summed E-state index contributed by atoms with van der Waals surface area (Å²) in [5, 5.41) is 5.62. The number of pyridine rings is 1. The summed E-state index contributed by atoms with van der Waals surface area (Å²) in [6.45, 7) is 4.41. The van der Waals surface area contributed by atoms with Crippen molar-refractivity contribution in [1.82, 2.24) is 30.3 Å². The van der Waals surface area contributed by atoms with Gasteiger partial charge in [-0.1, -0.05) is 6.07 Å². The predicted molar refractivity (Wildman–Crippen MR) is 180 cm³/mol. The number of nitrogens with zero attached hydrogens (tertiary/aromatic N) is 4. The molecule has 1 aromatic carbocycles. The van der Waals surface area contributed by atoms with E-state index in [-0.39, 0.29) is 86.5 Å². The van der Waals surface area contributed by atoms with Crippen molar-refractivity contribution in [2.45, 2.75) is 76.9 Å². The molecule has 5 rings (SSSR count). The Morgan fingerprint density at radius 3 is 2.35 bits per heavy atom. The Kier molecular flexibility index (Phi) is 12.6. The molecule has 16 heteroatoms. The van der Waals surface area contributed by atoms with Crippen molar-refractivity contribution in [1.29, 1.82) is 0 Å². The molecular weight excluding hydrogens is 667 g/mol. The average Bonchev–Trinajstić information content (AvgIpc) is 3.61. The maximum atomic E-state index is 15.1. The van der Waals surface area contributed by atoms with Crippen LogP contribution in [0.1, 0.15) is 69.3 Å². The summed E-state index contributed by atoms with van der Waals surface area (Å²) < 4.78 is 31.0. The van der Waals surface area contributed by atoms with E-state index in [1.54, 1.807) is 13.8 Å². The maximum Gasteiger partial charge on any atom is 0.409 e. The monoisotopic (exact) mass is 712 g/mol. The van der Waals surface area contributed by atoms with E-state index in [0.29, 0.717) is 19.4 Å². The summed E-state index contributed by atoms with van der Waals surface area (Å²) >= 11 is 0. The number of amides is 5. The third kappa shape index (κ3) is 9.21. The van der Waals surface area contributed by atoms with Crippen LogP contribution in [-0.4, -0.2) is 126 Å². The lowest BCUT2D eigenvalue weighted by molar-refractivity contribution is -0.143. The highest BCUT2D eigenvalue weighted by atomic mass is 19.1. The van der Waals surface area contributed by atoms with Gasteiger partial charge in [0.25, 0.3) is 11.8 Å². The molecule has 2 atom stereocenters. The molecule has 0 radical (unpaired) electrons. The third-order valence-electron chi connectivity index (χ3n) is 9.32.